The minimum atomic E-state index is -0.442. The number of carbonyl (C=O) groups is 2. The first-order chi connectivity index (χ1) is 14.3. The van der Waals surface area contributed by atoms with Gasteiger partial charge in [-0.05, 0) is 56.6 Å². The maximum atomic E-state index is 12.2. The highest BCUT2D eigenvalue weighted by Gasteiger charge is 2.26. The number of nitrogens with one attached hydrogen (secondary N) is 2. The van der Waals surface area contributed by atoms with Crippen LogP contribution in [-0.4, -0.2) is 29.7 Å². The van der Waals surface area contributed by atoms with Gasteiger partial charge in [0.05, 0.1) is 18.3 Å². The van der Waals surface area contributed by atoms with E-state index in [4.69, 9.17) is 0 Å². The molecular formula is C24H30BrN3O3. The van der Waals surface area contributed by atoms with Gasteiger partial charge in [-0.3, -0.25) is 9.59 Å². The van der Waals surface area contributed by atoms with Crippen LogP contribution in [0.4, 0.5) is 0 Å². The molecule has 3 N–H and O–H groups in total. The zero-order valence-corrected chi connectivity index (χ0v) is 20.4. The fourth-order valence-corrected chi connectivity index (χ4v) is 3.46. The highest BCUT2D eigenvalue weighted by Crippen LogP contribution is 2.39. The lowest BCUT2D eigenvalue weighted by Crippen LogP contribution is -2.35. The van der Waals surface area contributed by atoms with Crippen molar-refractivity contribution in [3.05, 3.63) is 63.1 Å². The van der Waals surface area contributed by atoms with Crippen LogP contribution in [0.15, 0.2) is 46.0 Å². The fourth-order valence-electron chi connectivity index (χ4n) is 2.99. The van der Waals surface area contributed by atoms with Gasteiger partial charge in [-0.2, -0.15) is 5.10 Å². The summed E-state index contributed by atoms with van der Waals surface area (Å²) in [6, 6.07) is 10.7. The summed E-state index contributed by atoms with van der Waals surface area (Å²) < 4.78 is 0.655. The molecule has 7 heteroatoms. The summed E-state index contributed by atoms with van der Waals surface area (Å²) in [5, 5.41) is 17.4. The van der Waals surface area contributed by atoms with E-state index < -0.39 is 5.91 Å². The van der Waals surface area contributed by atoms with Gasteiger partial charge >= 0.3 is 0 Å². The van der Waals surface area contributed by atoms with E-state index >= 15 is 0 Å². The second-order valence-electron chi connectivity index (χ2n) is 9.42. The highest BCUT2D eigenvalue weighted by molar-refractivity contribution is 9.10. The van der Waals surface area contributed by atoms with Crippen LogP contribution in [0.3, 0.4) is 0 Å². The lowest BCUT2D eigenvalue weighted by atomic mass is 9.78. The van der Waals surface area contributed by atoms with Crippen LogP contribution in [0.25, 0.3) is 0 Å². The van der Waals surface area contributed by atoms with Gasteiger partial charge in [0, 0.05) is 15.6 Å². The Morgan fingerprint density at radius 2 is 1.58 bits per heavy atom. The Hall–Kier alpha value is -2.67. The Morgan fingerprint density at radius 3 is 2.10 bits per heavy atom. The van der Waals surface area contributed by atoms with E-state index in [0.29, 0.717) is 10.0 Å². The number of benzene rings is 2. The molecule has 31 heavy (non-hydrogen) atoms. The number of hydrogen-bond donors (Lipinski definition) is 3. The second kappa shape index (κ2) is 9.64. The summed E-state index contributed by atoms with van der Waals surface area (Å²) >= 11 is 3.31. The molecule has 0 heterocycles. The van der Waals surface area contributed by atoms with Crippen molar-refractivity contribution < 1.29 is 14.7 Å². The number of hydrazone groups is 1. The molecule has 2 rings (SSSR count). The van der Waals surface area contributed by atoms with Crippen LogP contribution in [0.1, 0.15) is 68.6 Å². The average molecular weight is 488 g/mol. The van der Waals surface area contributed by atoms with Gasteiger partial charge in [0.1, 0.15) is 5.75 Å². The molecule has 0 bridgehead atoms. The van der Waals surface area contributed by atoms with Crippen LogP contribution in [-0.2, 0) is 15.6 Å². The number of halogens is 1. The number of nitrogens with zero attached hydrogens (tertiary/aromatic N) is 1. The zero-order valence-electron chi connectivity index (χ0n) is 18.8. The van der Waals surface area contributed by atoms with E-state index in [2.05, 4.69) is 31.8 Å². The Bertz CT molecular complexity index is 967. The topological polar surface area (TPSA) is 90.8 Å². The van der Waals surface area contributed by atoms with E-state index in [1.807, 2.05) is 59.7 Å². The summed E-state index contributed by atoms with van der Waals surface area (Å²) in [7, 11) is 0. The Morgan fingerprint density at radius 1 is 1.03 bits per heavy atom. The number of hydrogen-bond acceptors (Lipinski definition) is 4. The normalized spacial score (nSPS) is 12.1. The molecule has 0 aromatic heterocycles. The quantitative estimate of drug-likeness (QED) is 0.424. The zero-order chi connectivity index (χ0) is 23.4. The summed E-state index contributed by atoms with van der Waals surface area (Å²) in [6.45, 7) is 12.0. The number of aromatic hydroxyl groups is 1. The predicted octanol–water partition coefficient (Wildman–Crippen LogP) is 4.63. The largest absolute Gasteiger partial charge is 0.507 e. The van der Waals surface area contributed by atoms with Crippen molar-refractivity contribution in [1.29, 1.82) is 0 Å². The molecule has 0 saturated heterocycles. The second-order valence-corrected chi connectivity index (χ2v) is 10.3. The maximum Gasteiger partial charge on any atom is 0.259 e. The van der Waals surface area contributed by atoms with Crippen LogP contribution in [0.5, 0.6) is 5.75 Å². The van der Waals surface area contributed by atoms with Gasteiger partial charge in [-0.15, -0.1) is 0 Å². The fraction of sp³-hybridized carbons (Fsp3) is 0.375. The number of phenolic OH excluding ortho intramolecular Hbond substituents is 1. The molecule has 0 atom stereocenters. The summed E-state index contributed by atoms with van der Waals surface area (Å²) in [6.07, 6.45) is 1.54. The molecular weight excluding hydrogens is 458 g/mol. The number of rotatable bonds is 5. The van der Waals surface area contributed by atoms with Gasteiger partial charge in [0.25, 0.3) is 11.8 Å². The molecule has 0 aliphatic heterocycles. The third kappa shape index (κ3) is 6.66. The number of phenols is 1. The molecule has 0 spiro atoms. The first-order valence-corrected chi connectivity index (χ1v) is 10.8. The smallest absolute Gasteiger partial charge is 0.259 e. The molecule has 0 radical (unpaired) electrons. The number of amides is 2. The first kappa shape index (κ1) is 24.6. The van der Waals surface area contributed by atoms with Crippen molar-refractivity contribution in [1.82, 2.24) is 10.7 Å². The molecule has 0 unspecified atom stereocenters. The van der Waals surface area contributed by atoms with Gasteiger partial charge in [-0.1, -0.05) is 53.7 Å². The van der Waals surface area contributed by atoms with Crippen LogP contribution in [0.2, 0.25) is 0 Å². The maximum absolute atomic E-state index is 12.2. The van der Waals surface area contributed by atoms with Crippen LogP contribution in [0, 0.1) is 0 Å². The Kier molecular flexibility index (Phi) is 7.65. The van der Waals surface area contributed by atoms with Crippen molar-refractivity contribution in [3.63, 3.8) is 0 Å². The van der Waals surface area contributed by atoms with E-state index in [9.17, 15) is 14.7 Å². The van der Waals surface area contributed by atoms with Crippen molar-refractivity contribution in [2.75, 3.05) is 6.54 Å². The Labute approximate surface area is 192 Å². The van der Waals surface area contributed by atoms with Gasteiger partial charge in [0.2, 0.25) is 0 Å². The van der Waals surface area contributed by atoms with Gasteiger partial charge < -0.3 is 10.4 Å². The molecule has 2 aromatic rings. The lowest BCUT2D eigenvalue weighted by molar-refractivity contribution is -0.120. The van der Waals surface area contributed by atoms with Crippen molar-refractivity contribution in [2.24, 2.45) is 5.10 Å². The third-order valence-corrected chi connectivity index (χ3v) is 5.37. The van der Waals surface area contributed by atoms with Crippen LogP contribution < -0.4 is 10.7 Å². The van der Waals surface area contributed by atoms with E-state index in [1.165, 1.54) is 6.21 Å². The van der Waals surface area contributed by atoms with E-state index in [-0.39, 0.29) is 29.0 Å². The van der Waals surface area contributed by atoms with E-state index in [1.54, 1.807) is 18.2 Å². The summed E-state index contributed by atoms with van der Waals surface area (Å²) in [4.78, 5) is 24.2. The molecule has 2 aromatic carbocycles. The molecule has 6 nitrogen and oxygen atoms in total. The summed E-state index contributed by atoms with van der Waals surface area (Å²) in [5.41, 5.74) is 4.76. The van der Waals surface area contributed by atoms with Gasteiger partial charge in [-0.25, -0.2) is 5.43 Å². The predicted molar refractivity (Wildman–Crippen MR) is 128 cm³/mol. The Balaban J connectivity index is 2.09. The van der Waals surface area contributed by atoms with Crippen molar-refractivity contribution in [2.45, 2.75) is 52.4 Å². The molecule has 2 amide bonds. The van der Waals surface area contributed by atoms with Crippen molar-refractivity contribution >= 4 is 34.0 Å². The third-order valence-electron chi connectivity index (χ3n) is 4.68. The first-order valence-electron chi connectivity index (χ1n) is 10.0. The van der Waals surface area contributed by atoms with Gasteiger partial charge in [0.15, 0.2) is 0 Å². The molecule has 0 aliphatic rings. The standard InChI is InChI=1S/C24H30BrN3O3/c1-23(2,3)17-11-15(12-18(21(17)30)24(4,5)6)13-27-28-20(29)14-26-22(31)16-9-7-8-10-19(16)25/h7-13,30H,14H2,1-6H3,(H,26,31)(H,28,29)/b27-13-. The highest BCUT2D eigenvalue weighted by atomic mass is 79.9. The lowest BCUT2D eigenvalue weighted by Gasteiger charge is -2.27. The minimum Gasteiger partial charge on any atom is -0.507 e. The summed E-state index contributed by atoms with van der Waals surface area (Å²) in [5.74, 6) is -0.506. The molecule has 0 saturated carbocycles. The number of carbonyl (C=O) groups excluding carboxylic acids is 2. The van der Waals surface area contributed by atoms with Crippen molar-refractivity contribution in [3.8, 4) is 5.75 Å². The molecule has 0 fully saturated rings. The molecule has 166 valence electrons. The van der Waals surface area contributed by atoms with E-state index in [0.717, 1.165) is 16.7 Å². The SMILES string of the molecule is CC(C)(C)c1cc(/C=N\NC(=O)CNC(=O)c2ccccc2Br)cc(C(C)(C)C)c1O. The van der Waals surface area contributed by atoms with Crippen LogP contribution >= 0.6 is 15.9 Å². The average Bonchev–Trinajstić information content (AvgIpc) is 2.65. The monoisotopic (exact) mass is 487 g/mol. The minimum absolute atomic E-state index is 0.201. The molecule has 0 aliphatic carbocycles.